The van der Waals surface area contributed by atoms with Crippen molar-refractivity contribution in [3.8, 4) is 0 Å². The number of nitrogens with one attached hydrogen (secondary N) is 2. The van der Waals surface area contributed by atoms with Crippen LogP contribution in [0.3, 0.4) is 0 Å². The largest absolute Gasteiger partial charge is 0.385 e. The molecule has 0 saturated carbocycles. The zero-order valence-corrected chi connectivity index (χ0v) is 13.9. The Morgan fingerprint density at radius 1 is 1.43 bits per heavy atom. The van der Waals surface area contributed by atoms with E-state index in [-0.39, 0.29) is 23.5 Å². The lowest BCUT2D eigenvalue weighted by Crippen LogP contribution is -2.48. The molecule has 0 saturated heterocycles. The Morgan fingerprint density at radius 2 is 2.10 bits per heavy atom. The van der Waals surface area contributed by atoms with Crippen LogP contribution < -0.4 is 10.6 Å². The maximum Gasteiger partial charge on any atom is 0.315 e. The minimum atomic E-state index is -0.164. The summed E-state index contributed by atoms with van der Waals surface area (Å²) in [6.07, 6.45) is 4.45. The first-order valence-electron chi connectivity index (χ1n) is 7.28. The van der Waals surface area contributed by atoms with Crippen LogP contribution in [0.1, 0.15) is 45.7 Å². The lowest BCUT2D eigenvalue weighted by Gasteiger charge is -2.31. The van der Waals surface area contributed by atoms with E-state index in [4.69, 9.17) is 4.74 Å². The molecular weight excluding hydrogens is 268 g/mol. The molecule has 0 spiro atoms. The Morgan fingerprint density at radius 3 is 2.57 bits per heavy atom. The van der Waals surface area contributed by atoms with Gasteiger partial charge >= 0.3 is 6.03 Å². The lowest BCUT2D eigenvalue weighted by molar-refractivity contribution is 0.152. The van der Waals surface area contributed by atoms with Crippen molar-refractivity contribution in [2.24, 2.45) is 12.5 Å². The van der Waals surface area contributed by atoms with Crippen LogP contribution in [0.5, 0.6) is 0 Å². The van der Waals surface area contributed by atoms with Crippen LogP contribution in [0.15, 0.2) is 12.4 Å². The van der Waals surface area contributed by atoms with Gasteiger partial charge in [0.1, 0.15) is 0 Å². The van der Waals surface area contributed by atoms with Crippen molar-refractivity contribution >= 4 is 6.03 Å². The van der Waals surface area contributed by atoms with Crippen LogP contribution in [0.2, 0.25) is 0 Å². The second-order valence-corrected chi connectivity index (χ2v) is 6.49. The lowest BCUT2D eigenvalue weighted by atomic mass is 9.85. The normalized spacial score (nSPS) is 14.6. The first-order valence-corrected chi connectivity index (χ1v) is 7.28. The molecule has 0 aliphatic heterocycles. The molecule has 2 N–H and O–H groups in total. The van der Waals surface area contributed by atoms with Crippen molar-refractivity contribution in [1.29, 1.82) is 0 Å². The van der Waals surface area contributed by atoms with Gasteiger partial charge in [-0.3, -0.25) is 4.68 Å². The van der Waals surface area contributed by atoms with E-state index in [1.54, 1.807) is 18.0 Å². The SMILES string of the molecule is COCC[C@@H](NC(=O)N[C@H](C)c1cnn(C)c1)C(C)(C)C. The van der Waals surface area contributed by atoms with E-state index >= 15 is 0 Å². The van der Waals surface area contributed by atoms with E-state index in [0.717, 1.165) is 12.0 Å². The molecular formula is C15H28N4O2. The molecule has 2 atom stereocenters. The van der Waals surface area contributed by atoms with Crippen LogP contribution in [0.4, 0.5) is 4.79 Å². The number of aromatic nitrogens is 2. The Bertz CT molecular complexity index is 451. The molecule has 2 amide bonds. The maximum absolute atomic E-state index is 12.2. The molecule has 1 aromatic rings. The highest BCUT2D eigenvalue weighted by Gasteiger charge is 2.26. The van der Waals surface area contributed by atoms with Gasteiger partial charge in [-0.1, -0.05) is 20.8 Å². The fourth-order valence-electron chi connectivity index (χ4n) is 2.10. The van der Waals surface area contributed by atoms with Gasteiger partial charge in [0.15, 0.2) is 0 Å². The van der Waals surface area contributed by atoms with Crippen molar-refractivity contribution in [3.63, 3.8) is 0 Å². The summed E-state index contributed by atoms with van der Waals surface area (Å²) >= 11 is 0. The van der Waals surface area contributed by atoms with Gasteiger partial charge in [-0.25, -0.2) is 4.79 Å². The molecule has 1 heterocycles. The predicted molar refractivity (Wildman–Crippen MR) is 83.0 cm³/mol. The van der Waals surface area contributed by atoms with Gasteiger partial charge in [0.25, 0.3) is 0 Å². The molecule has 6 nitrogen and oxygen atoms in total. The average Bonchev–Trinajstić information content (AvgIpc) is 2.79. The number of carbonyl (C=O) groups is 1. The molecule has 21 heavy (non-hydrogen) atoms. The average molecular weight is 296 g/mol. The van der Waals surface area contributed by atoms with Gasteiger partial charge in [-0.2, -0.15) is 5.10 Å². The summed E-state index contributed by atoms with van der Waals surface area (Å²) in [7, 11) is 3.53. The molecule has 1 aromatic heterocycles. The zero-order valence-electron chi connectivity index (χ0n) is 13.9. The minimum absolute atomic E-state index is 0.0204. The quantitative estimate of drug-likeness (QED) is 0.846. The molecule has 0 aromatic carbocycles. The third kappa shape index (κ3) is 5.75. The van der Waals surface area contributed by atoms with Crippen LogP contribution in [-0.4, -0.2) is 35.6 Å². The molecule has 0 aliphatic rings. The summed E-state index contributed by atoms with van der Waals surface area (Å²) in [5.41, 5.74) is 0.963. The first-order chi connectivity index (χ1) is 9.74. The van der Waals surface area contributed by atoms with E-state index in [9.17, 15) is 4.79 Å². The van der Waals surface area contributed by atoms with E-state index in [0.29, 0.717) is 6.61 Å². The Kier molecular flexibility index (Phi) is 6.20. The topological polar surface area (TPSA) is 68.2 Å². The third-order valence-corrected chi connectivity index (χ3v) is 3.53. The van der Waals surface area contributed by atoms with Crippen molar-refractivity contribution in [1.82, 2.24) is 20.4 Å². The number of hydrogen-bond acceptors (Lipinski definition) is 3. The summed E-state index contributed by atoms with van der Waals surface area (Å²) < 4.78 is 6.84. The van der Waals surface area contributed by atoms with Crippen LogP contribution >= 0.6 is 0 Å². The second-order valence-electron chi connectivity index (χ2n) is 6.49. The minimum Gasteiger partial charge on any atom is -0.385 e. The monoisotopic (exact) mass is 296 g/mol. The summed E-state index contributed by atoms with van der Waals surface area (Å²) in [6, 6.07) is -0.192. The molecule has 0 unspecified atom stereocenters. The van der Waals surface area contributed by atoms with Crippen molar-refractivity contribution in [3.05, 3.63) is 18.0 Å². The van der Waals surface area contributed by atoms with Gasteiger partial charge in [0.05, 0.1) is 12.2 Å². The van der Waals surface area contributed by atoms with Crippen molar-refractivity contribution in [2.45, 2.75) is 46.2 Å². The standard InChI is InChI=1S/C15H28N4O2/c1-11(12-9-16-19(5)10-12)17-14(20)18-13(7-8-21-6)15(2,3)4/h9-11,13H,7-8H2,1-6H3,(H2,17,18,20)/t11-,13-/m1/s1. The number of urea groups is 1. The molecule has 0 bridgehead atoms. The van der Waals surface area contributed by atoms with Crippen molar-refractivity contribution < 1.29 is 9.53 Å². The van der Waals surface area contributed by atoms with Crippen molar-refractivity contribution in [2.75, 3.05) is 13.7 Å². The fraction of sp³-hybridized carbons (Fsp3) is 0.733. The highest BCUT2D eigenvalue weighted by Crippen LogP contribution is 2.22. The summed E-state index contributed by atoms with van der Waals surface area (Å²) in [4.78, 5) is 12.2. The van der Waals surface area contributed by atoms with Crippen LogP contribution in [-0.2, 0) is 11.8 Å². The number of ether oxygens (including phenoxy) is 1. The molecule has 120 valence electrons. The molecule has 0 fully saturated rings. The summed E-state index contributed by atoms with van der Waals surface area (Å²) in [5.74, 6) is 0. The number of carbonyl (C=O) groups excluding carboxylic acids is 1. The van der Waals surface area contributed by atoms with Gasteiger partial charge in [-0.15, -0.1) is 0 Å². The second kappa shape index (κ2) is 7.45. The number of aryl methyl sites for hydroxylation is 1. The smallest absolute Gasteiger partial charge is 0.315 e. The van der Waals surface area contributed by atoms with Gasteiger partial charge in [-0.05, 0) is 18.8 Å². The highest BCUT2D eigenvalue weighted by atomic mass is 16.5. The Hall–Kier alpha value is -1.56. The number of nitrogens with zero attached hydrogens (tertiary/aromatic N) is 2. The predicted octanol–water partition coefficient (Wildman–Crippen LogP) is 2.23. The maximum atomic E-state index is 12.2. The number of rotatable bonds is 6. The van der Waals surface area contributed by atoms with Gasteiger partial charge in [0, 0.05) is 38.6 Å². The van der Waals surface area contributed by atoms with Crippen LogP contribution in [0, 0.1) is 5.41 Å². The molecule has 0 aliphatic carbocycles. The van der Waals surface area contributed by atoms with E-state index < -0.39 is 0 Å². The molecule has 6 heteroatoms. The van der Waals surface area contributed by atoms with E-state index in [2.05, 4.69) is 36.5 Å². The Balaban J connectivity index is 2.57. The summed E-state index contributed by atoms with van der Waals surface area (Å²) in [6.45, 7) is 8.90. The first kappa shape index (κ1) is 17.5. The zero-order chi connectivity index (χ0) is 16.0. The fourth-order valence-corrected chi connectivity index (χ4v) is 2.10. The van der Waals surface area contributed by atoms with Gasteiger partial charge in [0.2, 0.25) is 0 Å². The number of hydrogen-bond donors (Lipinski definition) is 2. The third-order valence-electron chi connectivity index (χ3n) is 3.53. The van der Waals surface area contributed by atoms with Gasteiger partial charge < -0.3 is 15.4 Å². The van der Waals surface area contributed by atoms with E-state index in [1.807, 2.05) is 20.2 Å². The number of methoxy groups -OCH3 is 1. The molecule has 1 rings (SSSR count). The highest BCUT2D eigenvalue weighted by molar-refractivity contribution is 5.74. The molecule has 0 radical (unpaired) electrons. The van der Waals surface area contributed by atoms with Crippen LogP contribution in [0.25, 0.3) is 0 Å². The summed E-state index contributed by atoms with van der Waals surface area (Å²) in [5, 5.41) is 10.1. The van der Waals surface area contributed by atoms with E-state index in [1.165, 1.54) is 0 Å². The Labute approximate surface area is 127 Å². The number of amides is 2.